The first-order valence-electron chi connectivity index (χ1n) is 9.79. The van der Waals surface area contributed by atoms with Crippen molar-refractivity contribution < 1.29 is 27.6 Å². The van der Waals surface area contributed by atoms with Crippen LogP contribution in [0.5, 0.6) is 0 Å². The minimum Gasteiger partial charge on any atom is -0.349 e. The van der Waals surface area contributed by atoms with E-state index in [1.807, 2.05) is 0 Å². The molecule has 0 aliphatic carbocycles. The first-order valence-corrected chi connectivity index (χ1v) is 9.79. The third-order valence-corrected chi connectivity index (χ3v) is 5.03. The molecular weight excluding hydrogens is 411 g/mol. The van der Waals surface area contributed by atoms with Crippen LogP contribution < -0.4 is 10.6 Å². The molecule has 3 amide bonds. The molecule has 1 heterocycles. The monoisotopic (exact) mass is 433 g/mol. The van der Waals surface area contributed by atoms with Gasteiger partial charge in [0.15, 0.2) is 0 Å². The van der Waals surface area contributed by atoms with Gasteiger partial charge in [-0.15, -0.1) is 0 Å². The SMILES string of the molecule is CC(=O)Nc1cccc(C(=O)NC2CCN(C(=O)c3ccccc3C(F)(F)F)CC2)c1. The Kier molecular flexibility index (Phi) is 6.62. The molecule has 9 heteroatoms. The summed E-state index contributed by atoms with van der Waals surface area (Å²) in [5, 5.41) is 5.49. The molecule has 1 saturated heterocycles. The number of rotatable bonds is 4. The van der Waals surface area contributed by atoms with Gasteiger partial charge < -0.3 is 15.5 Å². The minimum atomic E-state index is -4.61. The third-order valence-electron chi connectivity index (χ3n) is 5.03. The second-order valence-corrected chi connectivity index (χ2v) is 7.35. The zero-order chi connectivity index (χ0) is 22.6. The second-order valence-electron chi connectivity index (χ2n) is 7.35. The molecule has 0 saturated carbocycles. The molecule has 31 heavy (non-hydrogen) atoms. The summed E-state index contributed by atoms with van der Waals surface area (Å²) in [6, 6.07) is 11.0. The van der Waals surface area contributed by atoms with Crippen LogP contribution in [0.1, 0.15) is 46.0 Å². The molecule has 2 aromatic carbocycles. The van der Waals surface area contributed by atoms with E-state index < -0.39 is 17.6 Å². The maximum atomic E-state index is 13.2. The number of hydrogen-bond acceptors (Lipinski definition) is 3. The molecule has 0 bridgehead atoms. The average molecular weight is 433 g/mol. The van der Waals surface area contributed by atoms with Crippen molar-refractivity contribution in [3.8, 4) is 0 Å². The van der Waals surface area contributed by atoms with E-state index in [1.54, 1.807) is 24.3 Å². The average Bonchev–Trinajstić information content (AvgIpc) is 2.73. The van der Waals surface area contributed by atoms with E-state index in [1.165, 1.54) is 30.0 Å². The third kappa shape index (κ3) is 5.62. The topological polar surface area (TPSA) is 78.5 Å². The predicted molar refractivity (Wildman–Crippen MR) is 109 cm³/mol. The van der Waals surface area contributed by atoms with Crippen LogP contribution in [0.4, 0.5) is 18.9 Å². The molecule has 0 atom stereocenters. The maximum Gasteiger partial charge on any atom is 0.417 e. The second kappa shape index (κ2) is 9.20. The number of nitrogens with zero attached hydrogens (tertiary/aromatic N) is 1. The molecule has 1 fully saturated rings. The first kappa shape index (κ1) is 22.3. The van der Waals surface area contributed by atoms with Gasteiger partial charge in [0.25, 0.3) is 11.8 Å². The van der Waals surface area contributed by atoms with Gasteiger partial charge in [0.2, 0.25) is 5.91 Å². The Bertz CT molecular complexity index is 983. The zero-order valence-electron chi connectivity index (χ0n) is 16.8. The lowest BCUT2D eigenvalue weighted by Crippen LogP contribution is -2.46. The Morgan fingerprint density at radius 1 is 1.00 bits per heavy atom. The number of likely N-dealkylation sites (tertiary alicyclic amines) is 1. The molecule has 1 aliphatic heterocycles. The summed E-state index contributed by atoms with van der Waals surface area (Å²) in [7, 11) is 0. The summed E-state index contributed by atoms with van der Waals surface area (Å²) < 4.78 is 39.6. The number of benzene rings is 2. The largest absolute Gasteiger partial charge is 0.417 e. The van der Waals surface area contributed by atoms with Crippen molar-refractivity contribution in [3.63, 3.8) is 0 Å². The number of amides is 3. The number of hydrogen-bond donors (Lipinski definition) is 2. The molecule has 0 unspecified atom stereocenters. The van der Waals surface area contributed by atoms with Crippen LogP contribution in [0.3, 0.4) is 0 Å². The summed E-state index contributed by atoms with van der Waals surface area (Å²) in [5.74, 6) is -1.23. The lowest BCUT2D eigenvalue weighted by Gasteiger charge is -2.33. The Balaban J connectivity index is 1.60. The fourth-order valence-corrected chi connectivity index (χ4v) is 3.52. The molecular formula is C22H22F3N3O3. The van der Waals surface area contributed by atoms with Crippen LogP contribution >= 0.6 is 0 Å². The van der Waals surface area contributed by atoms with Gasteiger partial charge in [-0.05, 0) is 43.2 Å². The van der Waals surface area contributed by atoms with E-state index >= 15 is 0 Å². The maximum absolute atomic E-state index is 13.2. The lowest BCUT2D eigenvalue weighted by molar-refractivity contribution is -0.138. The summed E-state index contributed by atoms with van der Waals surface area (Å²) >= 11 is 0. The van der Waals surface area contributed by atoms with Crippen LogP contribution in [-0.4, -0.2) is 41.8 Å². The number of nitrogens with one attached hydrogen (secondary N) is 2. The Hall–Kier alpha value is -3.36. The highest BCUT2D eigenvalue weighted by Gasteiger charge is 2.36. The van der Waals surface area contributed by atoms with E-state index in [0.717, 1.165) is 6.07 Å². The van der Waals surface area contributed by atoms with E-state index in [9.17, 15) is 27.6 Å². The number of alkyl halides is 3. The summed E-state index contributed by atoms with van der Waals surface area (Å²) in [6.07, 6.45) is -3.75. The Morgan fingerprint density at radius 2 is 1.68 bits per heavy atom. The number of carbonyl (C=O) groups is 3. The fourth-order valence-electron chi connectivity index (χ4n) is 3.52. The van der Waals surface area contributed by atoms with Crippen molar-refractivity contribution in [1.82, 2.24) is 10.2 Å². The van der Waals surface area contributed by atoms with Gasteiger partial charge in [0.05, 0.1) is 11.1 Å². The van der Waals surface area contributed by atoms with Gasteiger partial charge in [-0.3, -0.25) is 14.4 Å². The van der Waals surface area contributed by atoms with E-state index in [-0.39, 0.29) is 36.5 Å². The van der Waals surface area contributed by atoms with Crippen LogP contribution in [0.15, 0.2) is 48.5 Å². The molecule has 164 valence electrons. The normalized spacial score (nSPS) is 14.8. The highest BCUT2D eigenvalue weighted by atomic mass is 19.4. The summed E-state index contributed by atoms with van der Waals surface area (Å²) in [6.45, 7) is 1.85. The van der Waals surface area contributed by atoms with Crippen molar-refractivity contribution >= 4 is 23.4 Å². The van der Waals surface area contributed by atoms with Gasteiger partial charge in [-0.1, -0.05) is 18.2 Å². The summed E-state index contributed by atoms with van der Waals surface area (Å²) in [5.41, 5.74) is -0.436. The van der Waals surface area contributed by atoms with Crippen molar-refractivity contribution in [2.24, 2.45) is 0 Å². The van der Waals surface area contributed by atoms with Crippen LogP contribution in [0.2, 0.25) is 0 Å². The fraction of sp³-hybridized carbons (Fsp3) is 0.318. The van der Waals surface area contributed by atoms with Gasteiger partial charge in [-0.2, -0.15) is 13.2 Å². The first-order chi connectivity index (χ1) is 14.6. The molecule has 2 N–H and O–H groups in total. The molecule has 1 aliphatic rings. The van der Waals surface area contributed by atoms with E-state index in [2.05, 4.69) is 10.6 Å². The quantitative estimate of drug-likeness (QED) is 0.772. The minimum absolute atomic E-state index is 0.209. The van der Waals surface area contributed by atoms with E-state index in [0.29, 0.717) is 24.1 Å². The zero-order valence-corrected chi connectivity index (χ0v) is 16.8. The number of carbonyl (C=O) groups excluding carboxylic acids is 3. The summed E-state index contributed by atoms with van der Waals surface area (Å²) in [4.78, 5) is 37.7. The Labute approximate surface area is 177 Å². The highest BCUT2D eigenvalue weighted by molar-refractivity contribution is 5.97. The molecule has 0 spiro atoms. The van der Waals surface area contributed by atoms with E-state index in [4.69, 9.17) is 0 Å². The number of anilines is 1. The number of halogens is 3. The van der Waals surface area contributed by atoms with Crippen LogP contribution in [0.25, 0.3) is 0 Å². The Morgan fingerprint density at radius 3 is 2.32 bits per heavy atom. The highest BCUT2D eigenvalue weighted by Crippen LogP contribution is 2.32. The molecule has 0 aromatic heterocycles. The van der Waals surface area contributed by atoms with Crippen molar-refractivity contribution in [2.75, 3.05) is 18.4 Å². The standard InChI is InChI=1S/C22H22F3N3O3/c1-14(29)26-17-6-4-5-15(13-17)20(30)27-16-9-11-28(12-10-16)21(31)18-7-2-3-8-19(18)22(23,24)25/h2-8,13,16H,9-12H2,1H3,(H,26,29)(H,27,30). The van der Waals surface area contributed by atoms with Crippen LogP contribution in [-0.2, 0) is 11.0 Å². The van der Waals surface area contributed by atoms with Crippen molar-refractivity contribution in [1.29, 1.82) is 0 Å². The molecule has 6 nitrogen and oxygen atoms in total. The molecule has 2 aromatic rings. The van der Waals surface area contributed by atoms with Gasteiger partial charge >= 0.3 is 6.18 Å². The molecule has 3 rings (SSSR count). The smallest absolute Gasteiger partial charge is 0.349 e. The van der Waals surface area contributed by atoms with Crippen molar-refractivity contribution in [2.45, 2.75) is 32.0 Å². The van der Waals surface area contributed by atoms with Crippen molar-refractivity contribution in [3.05, 3.63) is 65.2 Å². The lowest BCUT2D eigenvalue weighted by atomic mass is 10.0. The van der Waals surface area contributed by atoms with Crippen LogP contribution in [0, 0.1) is 0 Å². The molecule has 0 radical (unpaired) electrons. The van der Waals surface area contributed by atoms with Gasteiger partial charge in [-0.25, -0.2) is 0 Å². The number of piperidine rings is 1. The van der Waals surface area contributed by atoms with Gasteiger partial charge in [0, 0.05) is 37.3 Å². The van der Waals surface area contributed by atoms with Gasteiger partial charge in [0.1, 0.15) is 0 Å². The predicted octanol–water partition coefficient (Wildman–Crippen LogP) is 3.70.